The minimum absolute atomic E-state index is 0.0986. The summed E-state index contributed by atoms with van der Waals surface area (Å²) >= 11 is 0. The SMILES string of the molecule is C#CC(C)NCCCC(=O)NC1CC1. The predicted octanol–water partition coefficient (Wildman–Crippen LogP) is 0.656. The van der Waals surface area contributed by atoms with Gasteiger partial charge >= 0.3 is 0 Å². The van der Waals surface area contributed by atoms with Gasteiger partial charge in [-0.2, -0.15) is 0 Å². The Kier molecular flexibility index (Phi) is 4.48. The van der Waals surface area contributed by atoms with Crippen LogP contribution in [-0.4, -0.2) is 24.5 Å². The van der Waals surface area contributed by atoms with E-state index in [0.29, 0.717) is 12.5 Å². The molecule has 1 rings (SSSR count). The van der Waals surface area contributed by atoms with Crippen molar-refractivity contribution in [1.29, 1.82) is 0 Å². The van der Waals surface area contributed by atoms with Gasteiger partial charge < -0.3 is 10.6 Å². The van der Waals surface area contributed by atoms with Gasteiger partial charge in [0.05, 0.1) is 6.04 Å². The molecule has 1 atom stereocenters. The fraction of sp³-hybridized carbons (Fsp3) is 0.727. The minimum atomic E-state index is 0.0986. The Morgan fingerprint density at radius 2 is 2.36 bits per heavy atom. The molecule has 0 aliphatic heterocycles. The van der Waals surface area contributed by atoms with E-state index in [4.69, 9.17) is 6.42 Å². The summed E-state index contributed by atoms with van der Waals surface area (Å²) in [5.74, 6) is 2.75. The lowest BCUT2D eigenvalue weighted by molar-refractivity contribution is -0.121. The van der Waals surface area contributed by atoms with Crippen molar-refractivity contribution in [3.8, 4) is 12.3 Å². The Morgan fingerprint density at radius 3 is 2.93 bits per heavy atom. The molecule has 0 radical (unpaired) electrons. The van der Waals surface area contributed by atoms with Crippen molar-refractivity contribution in [2.45, 2.75) is 44.7 Å². The first-order chi connectivity index (χ1) is 6.72. The maximum absolute atomic E-state index is 11.2. The molecule has 14 heavy (non-hydrogen) atoms. The number of hydrogen-bond donors (Lipinski definition) is 2. The van der Waals surface area contributed by atoms with Gasteiger partial charge in [-0.15, -0.1) is 6.42 Å². The number of carbonyl (C=O) groups is 1. The van der Waals surface area contributed by atoms with Gasteiger partial charge in [-0.25, -0.2) is 0 Å². The molecule has 0 bridgehead atoms. The van der Waals surface area contributed by atoms with Gasteiger partial charge in [0.1, 0.15) is 0 Å². The molecule has 0 saturated heterocycles. The van der Waals surface area contributed by atoms with Crippen LogP contribution in [0.4, 0.5) is 0 Å². The lowest BCUT2D eigenvalue weighted by Gasteiger charge is -2.07. The van der Waals surface area contributed by atoms with Crippen LogP contribution in [0.1, 0.15) is 32.6 Å². The molecular formula is C11H18N2O. The third-order valence-electron chi connectivity index (χ3n) is 2.22. The van der Waals surface area contributed by atoms with E-state index in [9.17, 15) is 4.79 Å². The summed E-state index contributed by atoms with van der Waals surface area (Å²) in [5.41, 5.74) is 0. The predicted molar refractivity (Wildman–Crippen MR) is 56.7 cm³/mol. The molecule has 1 unspecified atom stereocenters. The smallest absolute Gasteiger partial charge is 0.220 e. The van der Waals surface area contributed by atoms with Crippen molar-refractivity contribution >= 4 is 5.91 Å². The van der Waals surface area contributed by atoms with Crippen molar-refractivity contribution in [1.82, 2.24) is 10.6 Å². The second-order valence-corrected chi connectivity index (χ2v) is 3.79. The van der Waals surface area contributed by atoms with Crippen LogP contribution in [0, 0.1) is 12.3 Å². The van der Waals surface area contributed by atoms with Crippen molar-refractivity contribution in [3.05, 3.63) is 0 Å². The lowest BCUT2D eigenvalue weighted by Crippen LogP contribution is -2.28. The zero-order valence-corrected chi connectivity index (χ0v) is 8.68. The third-order valence-corrected chi connectivity index (χ3v) is 2.22. The van der Waals surface area contributed by atoms with Crippen molar-refractivity contribution in [2.75, 3.05) is 6.54 Å². The minimum Gasteiger partial charge on any atom is -0.353 e. The molecule has 78 valence electrons. The number of amides is 1. The summed E-state index contributed by atoms with van der Waals surface area (Å²) in [6.07, 6.45) is 8.95. The average Bonchev–Trinajstić information content (AvgIpc) is 2.95. The summed E-state index contributed by atoms with van der Waals surface area (Å²) in [4.78, 5) is 11.2. The van der Waals surface area contributed by atoms with Crippen LogP contribution in [0.25, 0.3) is 0 Å². The quantitative estimate of drug-likeness (QED) is 0.481. The highest BCUT2D eigenvalue weighted by molar-refractivity contribution is 5.76. The van der Waals surface area contributed by atoms with Crippen molar-refractivity contribution < 1.29 is 4.79 Å². The molecule has 0 aromatic heterocycles. The van der Waals surface area contributed by atoms with Gasteiger partial charge in [0.25, 0.3) is 0 Å². The number of carbonyl (C=O) groups excluding carboxylic acids is 1. The fourth-order valence-corrected chi connectivity index (χ4v) is 1.15. The lowest BCUT2D eigenvalue weighted by atomic mass is 10.2. The Labute approximate surface area is 85.6 Å². The Balaban J connectivity index is 1.92. The Hall–Kier alpha value is -1.01. The van der Waals surface area contributed by atoms with E-state index in [1.165, 1.54) is 0 Å². The molecule has 2 N–H and O–H groups in total. The molecule has 3 heteroatoms. The van der Waals surface area contributed by atoms with Crippen LogP contribution in [0.2, 0.25) is 0 Å². The number of nitrogens with one attached hydrogen (secondary N) is 2. The van der Waals surface area contributed by atoms with Crippen LogP contribution < -0.4 is 10.6 Å². The van der Waals surface area contributed by atoms with Crippen LogP contribution in [-0.2, 0) is 4.79 Å². The van der Waals surface area contributed by atoms with E-state index in [1.807, 2.05) is 6.92 Å². The van der Waals surface area contributed by atoms with E-state index < -0.39 is 0 Å². The van der Waals surface area contributed by atoms with Gasteiger partial charge in [0.15, 0.2) is 0 Å². The molecule has 0 aromatic carbocycles. The van der Waals surface area contributed by atoms with Gasteiger partial charge in [0.2, 0.25) is 5.91 Å². The highest BCUT2D eigenvalue weighted by Crippen LogP contribution is 2.18. The molecule has 0 aromatic rings. The molecule has 3 nitrogen and oxygen atoms in total. The first-order valence-corrected chi connectivity index (χ1v) is 5.21. The van der Waals surface area contributed by atoms with Gasteiger partial charge in [-0.1, -0.05) is 5.92 Å². The number of hydrogen-bond acceptors (Lipinski definition) is 2. The molecule has 1 saturated carbocycles. The van der Waals surface area contributed by atoms with Crippen molar-refractivity contribution in [3.63, 3.8) is 0 Å². The monoisotopic (exact) mass is 194 g/mol. The van der Waals surface area contributed by atoms with E-state index in [0.717, 1.165) is 25.8 Å². The highest BCUT2D eigenvalue weighted by atomic mass is 16.1. The molecule has 1 fully saturated rings. The van der Waals surface area contributed by atoms with Gasteiger partial charge in [0, 0.05) is 12.5 Å². The fourth-order valence-electron chi connectivity index (χ4n) is 1.15. The van der Waals surface area contributed by atoms with Crippen molar-refractivity contribution in [2.24, 2.45) is 0 Å². The highest BCUT2D eigenvalue weighted by Gasteiger charge is 2.22. The van der Waals surface area contributed by atoms with E-state index >= 15 is 0 Å². The molecule has 0 heterocycles. The van der Waals surface area contributed by atoms with Crippen LogP contribution >= 0.6 is 0 Å². The van der Waals surface area contributed by atoms with Gasteiger partial charge in [-0.05, 0) is 32.7 Å². The standard InChI is InChI=1S/C11H18N2O/c1-3-9(2)12-8-4-5-11(14)13-10-6-7-10/h1,9-10,12H,4-8H2,2H3,(H,13,14). The summed E-state index contributed by atoms with van der Waals surface area (Å²) < 4.78 is 0. The van der Waals surface area contributed by atoms with Crippen LogP contribution in [0.5, 0.6) is 0 Å². The normalized spacial score (nSPS) is 17.1. The topological polar surface area (TPSA) is 41.1 Å². The van der Waals surface area contributed by atoms with Crippen LogP contribution in [0.3, 0.4) is 0 Å². The molecule has 0 spiro atoms. The maximum atomic E-state index is 11.2. The second-order valence-electron chi connectivity index (χ2n) is 3.79. The third kappa shape index (κ3) is 4.88. The Bertz CT molecular complexity index is 228. The van der Waals surface area contributed by atoms with E-state index in [1.54, 1.807) is 0 Å². The zero-order chi connectivity index (χ0) is 10.4. The van der Waals surface area contributed by atoms with Gasteiger partial charge in [-0.3, -0.25) is 4.79 Å². The first kappa shape index (κ1) is 11.1. The number of terminal acetylenes is 1. The molecular weight excluding hydrogens is 176 g/mol. The van der Waals surface area contributed by atoms with Crippen LogP contribution in [0.15, 0.2) is 0 Å². The van der Waals surface area contributed by atoms with E-state index in [-0.39, 0.29) is 11.9 Å². The summed E-state index contributed by atoms with van der Waals surface area (Å²) in [5, 5.41) is 6.09. The summed E-state index contributed by atoms with van der Waals surface area (Å²) in [6, 6.07) is 0.571. The first-order valence-electron chi connectivity index (χ1n) is 5.21. The molecule has 1 amide bonds. The summed E-state index contributed by atoms with van der Waals surface area (Å²) in [7, 11) is 0. The largest absolute Gasteiger partial charge is 0.353 e. The number of rotatable bonds is 6. The zero-order valence-electron chi connectivity index (χ0n) is 8.68. The summed E-state index contributed by atoms with van der Waals surface area (Å²) in [6.45, 7) is 2.74. The average molecular weight is 194 g/mol. The molecule has 1 aliphatic rings. The second kappa shape index (κ2) is 5.66. The Morgan fingerprint density at radius 1 is 1.64 bits per heavy atom. The van der Waals surface area contributed by atoms with E-state index in [2.05, 4.69) is 16.6 Å². The molecule has 1 aliphatic carbocycles. The maximum Gasteiger partial charge on any atom is 0.220 e.